The Bertz CT molecular complexity index is 134. The lowest BCUT2D eigenvalue weighted by atomic mass is 9.93. The molecule has 0 aromatic rings. The molecule has 1 aliphatic rings. The first-order valence-corrected chi connectivity index (χ1v) is 4.97. The molecule has 0 aliphatic carbocycles. The maximum Gasteiger partial charge on any atom is 0.0431 e. The van der Waals surface area contributed by atoms with E-state index in [0.717, 1.165) is 12.8 Å². The number of aliphatic hydroxyl groups excluding tert-OH is 1. The van der Waals surface area contributed by atoms with Gasteiger partial charge in [0.1, 0.15) is 0 Å². The second kappa shape index (κ2) is 4.24. The molecule has 0 radical (unpaired) electrons. The first kappa shape index (κ1) is 10.0. The highest BCUT2D eigenvalue weighted by Crippen LogP contribution is 2.28. The lowest BCUT2D eigenvalue weighted by Crippen LogP contribution is -2.24. The van der Waals surface area contributed by atoms with Crippen molar-refractivity contribution in [2.75, 3.05) is 26.2 Å². The van der Waals surface area contributed by atoms with Crippen LogP contribution in [0.4, 0.5) is 0 Å². The lowest BCUT2D eigenvalue weighted by Gasteiger charge is -2.19. The molecule has 0 aromatic carbocycles. The van der Waals surface area contributed by atoms with Gasteiger partial charge in [-0.2, -0.15) is 0 Å². The summed E-state index contributed by atoms with van der Waals surface area (Å²) in [7, 11) is 0. The molecule has 0 spiro atoms. The summed E-state index contributed by atoms with van der Waals surface area (Å²) >= 11 is 0. The van der Waals surface area contributed by atoms with E-state index >= 15 is 0 Å². The molecular weight excluding hydrogens is 150 g/mol. The minimum absolute atomic E-state index is 0.344. The molecule has 72 valence electrons. The Hall–Kier alpha value is -0.0800. The molecule has 12 heavy (non-hydrogen) atoms. The molecule has 2 heteroatoms. The molecule has 0 saturated carbocycles. The Balaban J connectivity index is 2.11. The molecule has 0 aromatic heterocycles. The van der Waals surface area contributed by atoms with Gasteiger partial charge in [0.25, 0.3) is 0 Å². The number of aliphatic hydroxyl groups is 1. The summed E-state index contributed by atoms with van der Waals surface area (Å²) in [5.74, 6) is 0. The van der Waals surface area contributed by atoms with E-state index in [0.29, 0.717) is 12.0 Å². The van der Waals surface area contributed by atoms with E-state index in [1.165, 1.54) is 26.1 Å². The third kappa shape index (κ3) is 3.11. The van der Waals surface area contributed by atoms with Gasteiger partial charge < -0.3 is 10.0 Å². The van der Waals surface area contributed by atoms with Crippen molar-refractivity contribution in [1.82, 2.24) is 4.90 Å². The Morgan fingerprint density at radius 1 is 1.33 bits per heavy atom. The zero-order valence-corrected chi connectivity index (χ0v) is 8.34. The van der Waals surface area contributed by atoms with Crippen molar-refractivity contribution < 1.29 is 5.11 Å². The molecule has 0 atom stereocenters. The van der Waals surface area contributed by atoms with Crippen molar-refractivity contribution in [3.8, 4) is 0 Å². The number of nitrogens with zero attached hydrogens (tertiary/aromatic N) is 1. The molecule has 1 N–H and O–H groups in total. The van der Waals surface area contributed by atoms with E-state index in [1.807, 2.05) is 0 Å². The molecule has 0 unspecified atom stereocenters. The van der Waals surface area contributed by atoms with Gasteiger partial charge in [-0.05, 0) is 37.8 Å². The van der Waals surface area contributed by atoms with Gasteiger partial charge in [-0.15, -0.1) is 0 Å². The van der Waals surface area contributed by atoms with E-state index in [9.17, 15) is 0 Å². The third-order valence-corrected chi connectivity index (χ3v) is 2.64. The molecule has 1 saturated heterocycles. The maximum atomic E-state index is 8.62. The summed E-state index contributed by atoms with van der Waals surface area (Å²) in [6, 6.07) is 0. The smallest absolute Gasteiger partial charge is 0.0431 e. The van der Waals surface area contributed by atoms with Gasteiger partial charge in [-0.1, -0.05) is 13.8 Å². The minimum Gasteiger partial charge on any atom is -0.396 e. The van der Waals surface area contributed by atoms with Gasteiger partial charge in [-0.3, -0.25) is 0 Å². The molecule has 1 heterocycles. The van der Waals surface area contributed by atoms with E-state index in [4.69, 9.17) is 5.11 Å². The number of hydrogen-bond donors (Lipinski definition) is 1. The summed E-state index contributed by atoms with van der Waals surface area (Å²) in [5, 5.41) is 8.62. The van der Waals surface area contributed by atoms with Crippen LogP contribution >= 0.6 is 0 Å². The summed E-state index contributed by atoms with van der Waals surface area (Å²) < 4.78 is 0. The van der Waals surface area contributed by atoms with Gasteiger partial charge in [0.15, 0.2) is 0 Å². The van der Waals surface area contributed by atoms with Crippen molar-refractivity contribution in [1.29, 1.82) is 0 Å². The van der Waals surface area contributed by atoms with Crippen LogP contribution in [0, 0.1) is 5.41 Å². The molecule has 0 bridgehead atoms. The average molecular weight is 171 g/mol. The van der Waals surface area contributed by atoms with Crippen LogP contribution in [0.25, 0.3) is 0 Å². The third-order valence-electron chi connectivity index (χ3n) is 2.64. The van der Waals surface area contributed by atoms with Crippen molar-refractivity contribution in [3.63, 3.8) is 0 Å². The minimum atomic E-state index is 0.344. The van der Waals surface area contributed by atoms with Crippen LogP contribution in [-0.2, 0) is 0 Å². The first-order valence-electron chi connectivity index (χ1n) is 4.97. The van der Waals surface area contributed by atoms with Crippen LogP contribution in [0.2, 0.25) is 0 Å². The van der Waals surface area contributed by atoms with Gasteiger partial charge in [0, 0.05) is 13.2 Å². The van der Waals surface area contributed by atoms with Crippen molar-refractivity contribution in [3.05, 3.63) is 0 Å². The first-order chi connectivity index (χ1) is 5.64. The number of hydrogen-bond acceptors (Lipinski definition) is 2. The fourth-order valence-corrected chi connectivity index (χ4v) is 1.86. The lowest BCUT2D eigenvalue weighted by molar-refractivity contribution is 0.252. The van der Waals surface area contributed by atoms with E-state index in [-0.39, 0.29) is 0 Å². The molecule has 1 fully saturated rings. The molecule has 2 nitrogen and oxygen atoms in total. The van der Waals surface area contributed by atoms with Gasteiger partial charge in [-0.25, -0.2) is 0 Å². The molecule has 0 amide bonds. The topological polar surface area (TPSA) is 23.5 Å². The van der Waals surface area contributed by atoms with Gasteiger partial charge >= 0.3 is 0 Å². The summed E-state index contributed by atoms with van der Waals surface area (Å²) in [6.07, 6.45) is 3.43. The fraction of sp³-hybridized carbons (Fsp3) is 1.00. The van der Waals surface area contributed by atoms with Gasteiger partial charge in [0.2, 0.25) is 0 Å². The zero-order valence-electron chi connectivity index (χ0n) is 8.34. The molecule has 1 aliphatic heterocycles. The van der Waals surface area contributed by atoms with Crippen LogP contribution in [0.15, 0.2) is 0 Å². The van der Waals surface area contributed by atoms with E-state index in [1.54, 1.807) is 0 Å². The van der Waals surface area contributed by atoms with Gasteiger partial charge in [0.05, 0.1) is 0 Å². The normalized spacial score (nSPS) is 23.2. The second-order valence-electron chi connectivity index (χ2n) is 4.62. The highest BCUT2D eigenvalue weighted by molar-refractivity contribution is 4.82. The van der Waals surface area contributed by atoms with Crippen LogP contribution in [0.3, 0.4) is 0 Å². The molecule has 1 rings (SSSR count). The zero-order chi connectivity index (χ0) is 9.03. The predicted molar refractivity (Wildman–Crippen MR) is 51.2 cm³/mol. The van der Waals surface area contributed by atoms with Crippen molar-refractivity contribution in [2.24, 2.45) is 5.41 Å². The summed E-state index contributed by atoms with van der Waals surface area (Å²) in [4.78, 5) is 2.51. The Kier molecular flexibility index (Phi) is 3.53. The Morgan fingerprint density at radius 2 is 2.08 bits per heavy atom. The number of likely N-dealkylation sites (tertiary alicyclic amines) is 1. The summed E-state index contributed by atoms with van der Waals surface area (Å²) in [5.41, 5.74) is 0.527. The van der Waals surface area contributed by atoms with Crippen LogP contribution in [0.5, 0.6) is 0 Å². The highest BCUT2D eigenvalue weighted by Gasteiger charge is 2.28. The van der Waals surface area contributed by atoms with E-state index in [2.05, 4.69) is 18.7 Å². The standard InChI is InChI=1S/C10H21NO/c1-10(2)5-7-11(9-10)6-3-4-8-12/h12H,3-9H2,1-2H3. The Morgan fingerprint density at radius 3 is 2.58 bits per heavy atom. The molecular formula is C10H21NO. The predicted octanol–water partition coefficient (Wildman–Crippen LogP) is 1.49. The number of rotatable bonds is 4. The van der Waals surface area contributed by atoms with Crippen LogP contribution in [-0.4, -0.2) is 36.2 Å². The summed E-state index contributed by atoms with van der Waals surface area (Å²) in [6.45, 7) is 8.66. The monoisotopic (exact) mass is 171 g/mol. The maximum absolute atomic E-state index is 8.62. The van der Waals surface area contributed by atoms with E-state index < -0.39 is 0 Å². The van der Waals surface area contributed by atoms with Crippen molar-refractivity contribution in [2.45, 2.75) is 33.1 Å². The number of unbranched alkanes of at least 4 members (excludes halogenated alkanes) is 1. The fourth-order valence-electron chi connectivity index (χ4n) is 1.86. The van der Waals surface area contributed by atoms with Crippen LogP contribution < -0.4 is 0 Å². The quantitative estimate of drug-likeness (QED) is 0.648. The van der Waals surface area contributed by atoms with Crippen molar-refractivity contribution >= 4 is 0 Å². The SMILES string of the molecule is CC1(C)CCN(CCCCO)C1. The highest BCUT2D eigenvalue weighted by atomic mass is 16.2. The van der Waals surface area contributed by atoms with Crippen LogP contribution in [0.1, 0.15) is 33.1 Å². The average Bonchev–Trinajstić information content (AvgIpc) is 2.31. The largest absolute Gasteiger partial charge is 0.396 e. The Labute approximate surface area is 75.6 Å². The second-order valence-corrected chi connectivity index (χ2v) is 4.62.